The molecule has 0 fully saturated rings. The molecule has 1 N–H and O–H groups in total. The molecule has 1 aromatic rings. The van der Waals surface area contributed by atoms with E-state index in [-0.39, 0.29) is 11.9 Å². The van der Waals surface area contributed by atoms with E-state index in [9.17, 15) is 4.79 Å². The molecule has 2 heterocycles. The summed E-state index contributed by atoms with van der Waals surface area (Å²) in [5, 5.41) is 2.85. The molecule has 1 aliphatic rings. The van der Waals surface area contributed by atoms with E-state index in [0.29, 0.717) is 6.54 Å². The van der Waals surface area contributed by atoms with E-state index >= 15 is 0 Å². The van der Waals surface area contributed by atoms with Gasteiger partial charge in [-0.3, -0.25) is 14.7 Å². The number of carbonyl (C=O) groups is 1. The minimum atomic E-state index is -0.129. The van der Waals surface area contributed by atoms with Gasteiger partial charge in [0.2, 0.25) is 5.91 Å². The Labute approximate surface area is 120 Å². The van der Waals surface area contributed by atoms with Crippen LogP contribution >= 0.6 is 0 Å². The third-order valence-electron chi connectivity index (χ3n) is 3.56. The second-order valence-electron chi connectivity index (χ2n) is 4.94. The minimum Gasteiger partial charge on any atom is -0.351 e. The Hall–Kier alpha value is -1.94. The number of nitrogens with one attached hydrogen (secondary N) is 1. The zero-order valence-corrected chi connectivity index (χ0v) is 11.9. The summed E-state index contributed by atoms with van der Waals surface area (Å²) >= 11 is 0. The molecule has 0 saturated carbocycles. The SMILES string of the molecule is C=CCNC(=O)C(C)N1CCC=C(c2cccnc2)C1. The maximum Gasteiger partial charge on any atom is 0.237 e. The van der Waals surface area contributed by atoms with Crippen LogP contribution in [0.4, 0.5) is 0 Å². The van der Waals surface area contributed by atoms with Crippen LogP contribution in [0.2, 0.25) is 0 Å². The average molecular weight is 271 g/mol. The summed E-state index contributed by atoms with van der Waals surface area (Å²) in [4.78, 5) is 18.4. The van der Waals surface area contributed by atoms with Gasteiger partial charge in [-0.05, 0) is 30.5 Å². The zero-order chi connectivity index (χ0) is 14.4. The van der Waals surface area contributed by atoms with Crippen molar-refractivity contribution in [3.05, 3.63) is 48.8 Å². The first kappa shape index (κ1) is 14.5. The van der Waals surface area contributed by atoms with Crippen molar-refractivity contribution in [3.8, 4) is 0 Å². The molecule has 20 heavy (non-hydrogen) atoms. The standard InChI is InChI=1S/C16H21N3O/c1-3-8-18-16(20)13(2)19-10-5-7-15(12-19)14-6-4-9-17-11-14/h3-4,6-7,9,11,13H,1,5,8,10,12H2,2H3,(H,18,20). The second-order valence-corrected chi connectivity index (χ2v) is 4.94. The van der Waals surface area contributed by atoms with Crippen LogP contribution in [0.25, 0.3) is 5.57 Å². The lowest BCUT2D eigenvalue weighted by Gasteiger charge is -2.31. The highest BCUT2D eigenvalue weighted by atomic mass is 16.2. The van der Waals surface area contributed by atoms with Gasteiger partial charge in [-0.15, -0.1) is 6.58 Å². The molecule has 0 spiro atoms. The van der Waals surface area contributed by atoms with Crippen LogP contribution in [0.1, 0.15) is 18.9 Å². The smallest absolute Gasteiger partial charge is 0.237 e. The van der Waals surface area contributed by atoms with Gasteiger partial charge in [-0.2, -0.15) is 0 Å². The molecule has 0 saturated heterocycles. The Morgan fingerprint density at radius 3 is 3.20 bits per heavy atom. The largest absolute Gasteiger partial charge is 0.351 e. The molecule has 4 heteroatoms. The van der Waals surface area contributed by atoms with E-state index in [1.54, 1.807) is 12.3 Å². The number of hydrogen-bond donors (Lipinski definition) is 1. The van der Waals surface area contributed by atoms with E-state index < -0.39 is 0 Å². The lowest BCUT2D eigenvalue weighted by atomic mass is 10.0. The fraction of sp³-hybridized carbons (Fsp3) is 0.375. The molecule has 1 aromatic heterocycles. The molecule has 1 amide bonds. The fourth-order valence-corrected chi connectivity index (χ4v) is 2.35. The van der Waals surface area contributed by atoms with Crippen molar-refractivity contribution in [2.45, 2.75) is 19.4 Å². The maximum atomic E-state index is 12.0. The Morgan fingerprint density at radius 1 is 1.65 bits per heavy atom. The Morgan fingerprint density at radius 2 is 2.50 bits per heavy atom. The van der Waals surface area contributed by atoms with E-state index in [0.717, 1.165) is 25.1 Å². The lowest BCUT2D eigenvalue weighted by molar-refractivity contribution is -0.125. The highest BCUT2D eigenvalue weighted by Gasteiger charge is 2.23. The van der Waals surface area contributed by atoms with Crippen LogP contribution in [0.5, 0.6) is 0 Å². The summed E-state index contributed by atoms with van der Waals surface area (Å²) in [6.45, 7) is 7.77. The van der Waals surface area contributed by atoms with Crippen molar-refractivity contribution >= 4 is 11.5 Å². The first-order chi connectivity index (χ1) is 9.72. The number of nitrogens with zero attached hydrogens (tertiary/aromatic N) is 2. The number of rotatable bonds is 5. The molecule has 0 aromatic carbocycles. The van der Waals surface area contributed by atoms with Crippen molar-refractivity contribution in [1.29, 1.82) is 0 Å². The summed E-state index contributed by atoms with van der Waals surface area (Å²) in [6, 6.07) is 3.87. The minimum absolute atomic E-state index is 0.0531. The molecular formula is C16H21N3O. The predicted octanol–water partition coefficient (Wildman–Crippen LogP) is 1.86. The third-order valence-corrected chi connectivity index (χ3v) is 3.56. The molecular weight excluding hydrogens is 250 g/mol. The van der Waals surface area contributed by atoms with Crippen molar-refractivity contribution in [3.63, 3.8) is 0 Å². The van der Waals surface area contributed by atoms with Gasteiger partial charge in [0.15, 0.2) is 0 Å². The van der Waals surface area contributed by atoms with E-state index in [1.165, 1.54) is 5.57 Å². The van der Waals surface area contributed by atoms with Crippen LogP contribution in [0, 0.1) is 0 Å². The third kappa shape index (κ3) is 3.54. The van der Waals surface area contributed by atoms with Crippen molar-refractivity contribution in [1.82, 2.24) is 15.2 Å². The Balaban J connectivity index is 2.00. The predicted molar refractivity (Wildman–Crippen MR) is 81.1 cm³/mol. The van der Waals surface area contributed by atoms with Gasteiger partial charge in [0.25, 0.3) is 0 Å². The second kappa shape index (κ2) is 7.01. The van der Waals surface area contributed by atoms with Gasteiger partial charge in [-0.25, -0.2) is 0 Å². The van der Waals surface area contributed by atoms with Gasteiger partial charge in [0.1, 0.15) is 0 Å². The highest BCUT2D eigenvalue weighted by Crippen LogP contribution is 2.21. The molecule has 106 valence electrons. The van der Waals surface area contributed by atoms with Crippen LogP contribution in [0.15, 0.2) is 43.3 Å². The number of amides is 1. The molecule has 2 rings (SSSR count). The fourth-order valence-electron chi connectivity index (χ4n) is 2.35. The molecule has 1 atom stereocenters. The summed E-state index contributed by atoms with van der Waals surface area (Å²) in [6.07, 6.45) is 8.54. The topological polar surface area (TPSA) is 45.2 Å². The average Bonchev–Trinajstić information content (AvgIpc) is 2.53. The van der Waals surface area contributed by atoms with Crippen LogP contribution < -0.4 is 5.32 Å². The first-order valence-corrected chi connectivity index (χ1v) is 6.94. The van der Waals surface area contributed by atoms with Gasteiger partial charge in [-0.1, -0.05) is 18.2 Å². The van der Waals surface area contributed by atoms with E-state index in [4.69, 9.17) is 0 Å². The maximum absolute atomic E-state index is 12.0. The van der Waals surface area contributed by atoms with Crippen LogP contribution in [0.3, 0.4) is 0 Å². The van der Waals surface area contributed by atoms with Crippen LogP contribution in [-0.2, 0) is 4.79 Å². The number of hydrogen-bond acceptors (Lipinski definition) is 3. The Bertz CT molecular complexity index is 496. The highest BCUT2D eigenvalue weighted by molar-refractivity contribution is 5.82. The molecule has 4 nitrogen and oxygen atoms in total. The van der Waals surface area contributed by atoms with Gasteiger partial charge in [0.05, 0.1) is 6.04 Å². The van der Waals surface area contributed by atoms with E-state index in [2.05, 4.69) is 33.9 Å². The van der Waals surface area contributed by atoms with Gasteiger partial charge >= 0.3 is 0 Å². The first-order valence-electron chi connectivity index (χ1n) is 6.94. The van der Waals surface area contributed by atoms with E-state index in [1.807, 2.05) is 19.2 Å². The molecule has 0 radical (unpaired) electrons. The van der Waals surface area contributed by atoms with Gasteiger partial charge < -0.3 is 5.32 Å². The lowest BCUT2D eigenvalue weighted by Crippen LogP contribution is -2.47. The number of carbonyl (C=O) groups excluding carboxylic acids is 1. The number of pyridine rings is 1. The summed E-state index contributed by atoms with van der Waals surface area (Å²) in [5.74, 6) is 0.0531. The van der Waals surface area contributed by atoms with Crippen LogP contribution in [-0.4, -0.2) is 41.5 Å². The summed E-state index contributed by atoms with van der Waals surface area (Å²) in [5.41, 5.74) is 2.38. The normalized spacial score (nSPS) is 17.1. The van der Waals surface area contributed by atoms with Crippen molar-refractivity contribution in [2.75, 3.05) is 19.6 Å². The summed E-state index contributed by atoms with van der Waals surface area (Å²) < 4.78 is 0. The number of aromatic nitrogens is 1. The van der Waals surface area contributed by atoms with Gasteiger partial charge in [0, 0.05) is 32.0 Å². The van der Waals surface area contributed by atoms with Crippen molar-refractivity contribution in [2.24, 2.45) is 0 Å². The molecule has 1 unspecified atom stereocenters. The quantitative estimate of drug-likeness (QED) is 0.831. The zero-order valence-electron chi connectivity index (χ0n) is 11.9. The molecule has 1 aliphatic heterocycles. The van der Waals surface area contributed by atoms with Crippen molar-refractivity contribution < 1.29 is 4.79 Å². The molecule has 0 aliphatic carbocycles. The Kier molecular flexibility index (Phi) is 5.07. The summed E-state index contributed by atoms with van der Waals surface area (Å²) in [7, 11) is 0. The molecule has 0 bridgehead atoms. The monoisotopic (exact) mass is 271 g/mol.